The van der Waals surface area contributed by atoms with Crippen LogP contribution in [-0.4, -0.2) is 37.4 Å². The van der Waals surface area contributed by atoms with Crippen molar-refractivity contribution in [1.82, 2.24) is 25.5 Å². The molecule has 1 aromatic carbocycles. The van der Waals surface area contributed by atoms with Crippen LogP contribution in [0.5, 0.6) is 0 Å². The predicted molar refractivity (Wildman–Crippen MR) is 91.9 cm³/mol. The Morgan fingerprint density at radius 2 is 2.12 bits per heavy atom. The SMILES string of the molecule is CC(C)[C@](C)(C#N)NC(=O)CSc1nnnn1-c1ccc(Cl)cc1. The summed E-state index contributed by atoms with van der Waals surface area (Å²) >= 11 is 7.07. The summed E-state index contributed by atoms with van der Waals surface area (Å²) in [4.78, 5) is 12.1. The second-order valence-corrected chi connectivity index (χ2v) is 7.03. The highest BCUT2D eigenvalue weighted by atomic mass is 35.5. The van der Waals surface area contributed by atoms with E-state index in [0.717, 1.165) is 5.69 Å². The number of benzene rings is 1. The maximum absolute atomic E-state index is 12.1. The zero-order chi connectivity index (χ0) is 17.7. The number of amides is 1. The first-order chi connectivity index (χ1) is 11.4. The lowest BCUT2D eigenvalue weighted by Gasteiger charge is -2.27. The lowest BCUT2D eigenvalue weighted by Crippen LogP contribution is -2.49. The normalized spacial score (nSPS) is 13.3. The van der Waals surface area contributed by atoms with Gasteiger partial charge in [-0.15, -0.1) is 5.10 Å². The van der Waals surface area contributed by atoms with Crippen molar-refractivity contribution >= 4 is 29.3 Å². The zero-order valence-corrected chi connectivity index (χ0v) is 15.1. The van der Waals surface area contributed by atoms with Crippen LogP contribution in [0.15, 0.2) is 29.4 Å². The van der Waals surface area contributed by atoms with Gasteiger partial charge >= 0.3 is 0 Å². The molecule has 7 nitrogen and oxygen atoms in total. The van der Waals surface area contributed by atoms with Crippen molar-refractivity contribution in [3.63, 3.8) is 0 Å². The minimum atomic E-state index is -0.903. The van der Waals surface area contributed by atoms with Crippen molar-refractivity contribution in [3.05, 3.63) is 29.3 Å². The molecule has 0 aliphatic carbocycles. The Kier molecular flexibility index (Phi) is 5.80. The molecule has 0 aliphatic heterocycles. The summed E-state index contributed by atoms with van der Waals surface area (Å²) in [5.41, 5.74) is -0.156. The molecular weight excluding hydrogens is 348 g/mol. The number of nitrogens with one attached hydrogen (secondary N) is 1. The molecule has 1 amide bonds. The number of hydrogen-bond acceptors (Lipinski definition) is 6. The summed E-state index contributed by atoms with van der Waals surface area (Å²) in [6.45, 7) is 5.48. The molecule has 0 fully saturated rings. The van der Waals surface area contributed by atoms with Gasteiger partial charge in [0, 0.05) is 5.02 Å². The van der Waals surface area contributed by atoms with Gasteiger partial charge < -0.3 is 5.32 Å². The lowest BCUT2D eigenvalue weighted by atomic mass is 9.90. The Balaban J connectivity index is 2.03. The van der Waals surface area contributed by atoms with Crippen LogP contribution in [0, 0.1) is 17.2 Å². The van der Waals surface area contributed by atoms with Crippen LogP contribution in [-0.2, 0) is 4.79 Å². The van der Waals surface area contributed by atoms with Crippen LogP contribution < -0.4 is 5.32 Å². The first-order valence-corrected chi connectivity index (χ1v) is 8.61. The van der Waals surface area contributed by atoms with Crippen LogP contribution >= 0.6 is 23.4 Å². The van der Waals surface area contributed by atoms with Gasteiger partial charge in [-0.05, 0) is 47.5 Å². The summed E-state index contributed by atoms with van der Waals surface area (Å²) in [6, 6.07) is 9.19. The van der Waals surface area contributed by atoms with E-state index in [9.17, 15) is 10.1 Å². The first kappa shape index (κ1) is 18.2. The average Bonchev–Trinajstić information content (AvgIpc) is 3.02. The molecule has 0 aliphatic rings. The fourth-order valence-electron chi connectivity index (χ4n) is 1.77. The number of rotatable bonds is 6. The molecule has 1 aromatic heterocycles. The first-order valence-electron chi connectivity index (χ1n) is 7.25. The van der Waals surface area contributed by atoms with Crippen molar-refractivity contribution < 1.29 is 4.79 Å². The fraction of sp³-hybridized carbons (Fsp3) is 0.400. The van der Waals surface area contributed by atoms with Crippen LogP contribution in [0.25, 0.3) is 5.69 Å². The molecule has 2 aromatic rings. The summed E-state index contributed by atoms with van der Waals surface area (Å²) in [7, 11) is 0. The summed E-state index contributed by atoms with van der Waals surface area (Å²) in [6.07, 6.45) is 0. The summed E-state index contributed by atoms with van der Waals surface area (Å²) < 4.78 is 1.53. The monoisotopic (exact) mass is 364 g/mol. The molecule has 0 bridgehead atoms. The van der Waals surface area contributed by atoms with Gasteiger partial charge in [-0.2, -0.15) is 9.94 Å². The molecule has 0 saturated heterocycles. The molecule has 1 atom stereocenters. The maximum Gasteiger partial charge on any atom is 0.231 e. The molecule has 2 rings (SSSR count). The number of carbonyl (C=O) groups excluding carboxylic acids is 1. The molecule has 1 heterocycles. The van der Waals surface area contributed by atoms with E-state index in [-0.39, 0.29) is 17.6 Å². The van der Waals surface area contributed by atoms with Crippen molar-refractivity contribution in [2.75, 3.05) is 5.75 Å². The van der Waals surface area contributed by atoms with Gasteiger partial charge in [0.1, 0.15) is 5.54 Å². The predicted octanol–water partition coefficient (Wildman–Crippen LogP) is 2.46. The summed E-state index contributed by atoms with van der Waals surface area (Å²) in [5.74, 6) is -0.142. The molecular formula is C15H17ClN6OS. The van der Waals surface area contributed by atoms with Gasteiger partial charge in [-0.1, -0.05) is 37.2 Å². The number of aromatic nitrogens is 4. The quantitative estimate of drug-likeness (QED) is 0.791. The maximum atomic E-state index is 12.1. The molecule has 0 saturated carbocycles. The Bertz CT molecular complexity index is 754. The van der Waals surface area contributed by atoms with Crippen LogP contribution in [0.4, 0.5) is 0 Å². The van der Waals surface area contributed by atoms with E-state index in [1.807, 2.05) is 13.8 Å². The second kappa shape index (κ2) is 7.64. The standard InChI is InChI=1S/C15H17ClN6OS/c1-10(2)15(3,9-17)18-13(23)8-24-14-19-20-21-22(14)12-6-4-11(16)5-7-12/h4-7,10H,8H2,1-3H3,(H,18,23)/t15-/m0/s1. The number of thioether (sulfide) groups is 1. The topological polar surface area (TPSA) is 96.5 Å². The van der Waals surface area contributed by atoms with Gasteiger partial charge in [-0.3, -0.25) is 4.79 Å². The third-order valence-electron chi connectivity index (χ3n) is 3.63. The largest absolute Gasteiger partial charge is 0.337 e. The third-order valence-corrected chi connectivity index (χ3v) is 4.80. The van der Waals surface area contributed by atoms with E-state index in [1.54, 1.807) is 31.2 Å². The average molecular weight is 365 g/mol. The fourth-order valence-corrected chi connectivity index (χ4v) is 2.59. The van der Waals surface area contributed by atoms with E-state index >= 15 is 0 Å². The van der Waals surface area contributed by atoms with Crippen LogP contribution in [0.3, 0.4) is 0 Å². The molecule has 0 unspecified atom stereocenters. The molecule has 0 spiro atoms. The van der Waals surface area contributed by atoms with Crippen molar-refractivity contribution in [3.8, 4) is 11.8 Å². The van der Waals surface area contributed by atoms with Gasteiger partial charge in [0.05, 0.1) is 17.5 Å². The lowest BCUT2D eigenvalue weighted by molar-refractivity contribution is -0.120. The number of nitriles is 1. The van der Waals surface area contributed by atoms with Gasteiger partial charge in [0.15, 0.2) is 0 Å². The van der Waals surface area contributed by atoms with Crippen LogP contribution in [0.1, 0.15) is 20.8 Å². The Morgan fingerprint density at radius 1 is 1.46 bits per heavy atom. The molecule has 0 radical (unpaired) electrons. The minimum Gasteiger partial charge on any atom is -0.337 e. The van der Waals surface area contributed by atoms with E-state index in [1.165, 1.54) is 16.4 Å². The van der Waals surface area contributed by atoms with E-state index in [4.69, 9.17) is 11.6 Å². The van der Waals surface area contributed by atoms with Crippen molar-refractivity contribution in [2.24, 2.45) is 5.92 Å². The number of carbonyl (C=O) groups is 1. The van der Waals surface area contributed by atoms with E-state index in [2.05, 4.69) is 26.9 Å². The second-order valence-electron chi connectivity index (χ2n) is 5.66. The molecule has 1 N–H and O–H groups in total. The highest BCUT2D eigenvalue weighted by Gasteiger charge is 2.30. The Labute approximate surface area is 149 Å². The highest BCUT2D eigenvalue weighted by Crippen LogP contribution is 2.20. The van der Waals surface area contributed by atoms with Crippen molar-refractivity contribution in [2.45, 2.75) is 31.5 Å². The van der Waals surface area contributed by atoms with Crippen molar-refractivity contribution in [1.29, 1.82) is 5.26 Å². The smallest absolute Gasteiger partial charge is 0.231 e. The van der Waals surface area contributed by atoms with Gasteiger partial charge in [0.2, 0.25) is 11.1 Å². The summed E-state index contributed by atoms with van der Waals surface area (Å²) in [5, 5.41) is 24.6. The Hall–Kier alpha value is -2.11. The third kappa shape index (κ3) is 4.24. The number of hydrogen-bond donors (Lipinski definition) is 1. The highest BCUT2D eigenvalue weighted by molar-refractivity contribution is 7.99. The number of nitrogens with zero attached hydrogens (tertiary/aromatic N) is 5. The van der Waals surface area contributed by atoms with Crippen LogP contribution in [0.2, 0.25) is 5.02 Å². The van der Waals surface area contributed by atoms with E-state index < -0.39 is 5.54 Å². The molecule has 126 valence electrons. The molecule has 24 heavy (non-hydrogen) atoms. The molecule has 9 heteroatoms. The van der Waals surface area contributed by atoms with Gasteiger partial charge in [0.25, 0.3) is 0 Å². The van der Waals surface area contributed by atoms with Gasteiger partial charge in [-0.25, -0.2) is 0 Å². The Morgan fingerprint density at radius 3 is 2.71 bits per heavy atom. The number of tetrazole rings is 1. The number of halogens is 1. The zero-order valence-electron chi connectivity index (χ0n) is 13.5. The van der Waals surface area contributed by atoms with E-state index in [0.29, 0.717) is 10.2 Å². The minimum absolute atomic E-state index is 0.00385.